The molecule has 0 aliphatic heterocycles. The number of Topliss-reactive ketones (excluding diaryl/α,β-unsaturated/α-hetero) is 1. The molecule has 0 bridgehead atoms. The van der Waals surface area contributed by atoms with Crippen LogP contribution < -0.4 is 0 Å². The van der Waals surface area contributed by atoms with Crippen molar-refractivity contribution in [1.29, 1.82) is 0 Å². The van der Waals surface area contributed by atoms with E-state index in [9.17, 15) is 4.79 Å². The normalized spacial score (nSPS) is 30.5. The first-order valence-corrected chi connectivity index (χ1v) is 3.97. The van der Waals surface area contributed by atoms with Crippen LogP contribution in [-0.4, -0.2) is 5.78 Å². The van der Waals surface area contributed by atoms with Crippen LogP contribution in [0.2, 0.25) is 0 Å². The molecule has 0 saturated carbocycles. The minimum Gasteiger partial charge on any atom is -0.300 e. The summed E-state index contributed by atoms with van der Waals surface area (Å²) in [5.41, 5.74) is 1.07. The SMILES string of the molecule is C=C1C=C[C@@H](C)[C@@H](C(C)=O)C1. The van der Waals surface area contributed by atoms with Crippen molar-refractivity contribution in [3.05, 3.63) is 24.3 Å². The van der Waals surface area contributed by atoms with Gasteiger partial charge in [0, 0.05) is 5.92 Å². The minimum atomic E-state index is 0.174. The van der Waals surface area contributed by atoms with Gasteiger partial charge in [-0.05, 0) is 19.3 Å². The third-order valence-electron chi connectivity index (χ3n) is 2.27. The third-order valence-corrected chi connectivity index (χ3v) is 2.27. The van der Waals surface area contributed by atoms with Crippen molar-refractivity contribution in [3.63, 3.8) is 0 Å². The molecule has 1 nitrogen and oxygen atoms in total. The fourth-order valence-corrected chi connectivity index (χ4v) is 1.47. The molecule has 2 atom stereocenters. The monoisotopic (exact) mass is 150 g/mol. The van der Waals surface area contributed by atoms with E-state index in [1.165, 1.54) is 0 Å². The molecule has 0 amide bonds. The van der Waals surface area contributed by atoms with Gasteiger partial charge in [-0.15, -0.1) is 0 Å². The Morgan fingerprint density at radius 3 is 2.82 bits per heavy atom. The number of carbonyl (C=O) groups excluding carboxylic acids is 1. The second-order valence-corrected chi connectivity index (χ2v) is 3.30. The van der Waals surface area contributed by atoms with Crippen molar-refractivity contribution >= 4 is 5.78 Å². The highest BCUT2D eigenvalue weighted by molar-refractivity contribution is 5.79. The largest absolute Gasteiger partial charge is 0.300 e. The summed E-state index contributed by atoms with van der Waals surface area (Å²) in [7, 11) is 0. The first-order chi connectivity index (χ1) is 5.11. The van der Waals surface area contributed by atoms with E-state index in [1.807, 2.05) is 6.08 Å². The van der Waals surface area contributed by atoms with Gasteiger partial charge in [0.15, 0.2) is 0 Å². The number of allylic oxidation sites excluding steroid dienone is 3. The Morgan fingerprint density at radius 2 is 2.36 bits per heavy atom. The van der Waals surface area contributed by atoms with Gasteiger partial charge in [-0.1, -0.05) is 31.2 Å². The van der Waals surface area contributed by atoms with Crippen LogP contribution in [0, 0.1) is 11.8 Å². The number of carbonyl (C=O) groups is 1. The molecule has 1 rings (SSSR count). The predicted molar refractivity (Wildman–Crippen MR) is 46.2 cm³/mol. The van der Waals surface area contributed by atoms with E-state index in [0.717, 1.165) is 12.0 Å². The molecule has 1 aliphatic carbocycles. The van der Waals surface area contributed by atoms with Gasteiger partial charge < -0.3 is 0 Å². The molecule has 0 unspecified atom stereocenters. The van der Waals surface area contributed by atoms with Crippen molar-refractivity contribution in [2.24, 2.45) is 11.8 Å². The van der Waals surface area contributed by atoms with Gasteiger partial charge in [-0.25, -0.2) is 0 Å². The van der Waals surface area contributed by atoms with E-state index in [1.54, 1.807) is 6.92 Å². The first kappa shape index (κ1) is 8.25. The molecule has 0 aromatic rings. The maximum atomic E-state index is 11.1. The standard InChI is InChI=1S/C10H14O/c1-7-4-5-8(2)10(6-7)9(3)11/h4-5,8,10H,1,6H2,2-3H3/t8-,10+/m1/s1. The van der Waals surface area contributed by atoms with Crippen LogP contribution in [0.3, 0.4) is 0 Å². The lowest BCUT2D eigenvalue weighted by molar-refractivity contribution is -0.121. The summed E-state index contributed by atoms with van der Waals surface area (Å²) in [6.45, 7) is 7.58. The van der Waals surface area contributed by atoms with E-state index >= 15 is 0 Å². The summed E-state index contributed by atoms with van der Waals surface area (Å²) in [6.07, 6.45) is 4.93. The van der Waals surface area contributed by atoms with Gasteiger partial charge in [0.25, 0.3) is 0 Å². The Morgan fingerprint density at radius 1 is 1.73 bits per heavy atom. The molecule has 0 heterocycles. The summed E-state index contributed by atoms with van der Waals surface area (Å²) in [5.74, 6) is 0.841. The maximum Gasteiger partial charge on any atom is 0.133 e. The number of rotatable bonds is 1. The highest BCUT2D eigenvalue weighted by atomic mass is 16.1. The molecule has 0 N–H and O–H groups in total. The number of ketones is 1. The fourth-order valence-electron chi connectivity index (χ4n) is 1.47. The van der Waals surface area contributed by atoms with Crippen LogP contribution in [-0.2, 0) is 4.79 Å². The zero-order chi connectivity index (χ0) is 8.43. The predicted octanol–water partition coefficient (Wildman–Crippen LogP) is 2.34. The lowest BCUT2D eigenvalue weighted by atomic mass is 9.81. The topological polar surface area (TPSA) is 17.1 Å². The Kier molecular flexibility index (Phi) is 2.28. The zero-order valence-corrected chi connectivity index (χ0v) is 7.13. The van der Waals surface area contributed by atoms with Crippen LogP contribution in [0.5, 0.6) is 0 Å². The van der Waals surface area contributed by atoms with Crippen LogP contribution in [0.1, 0.15) is 20.3 Å². The average Bonchev–Trinajstić information content (AvgIpc) is 1.94. The van der Waals surface area contributed by atoms with Crippen molar-refractivity contribution in [3.8, 4) is 0 Å². The summed E-state index contributed by atoms with van der Waals surface area (Å²) in [4.78, 5) is 11.1. The van der Waals surface area contributed by atoms with E-state index in [2.05, 4.69) is 19.6 Å². The molecular weight excluding hydrogens is 136 g/mol. The second kappa shape index (κ2) is 3.04. The van der Waals surface area contributed by atoms with Crippen LogP contribution in [0.25, 0.3) is 0 Å². The molecule has 11 heavy (non-hydrogen) atoms. The number of hydrogen-bond acceptors (Lipinski definition) is 1. The molecule has 0 radical (unpaired) electrons. The smallest absolute Gasteiger partial charge is 0.133 e. The van der Waals surface area contributed by atoms with Gasteiger partial charge in [0.1, 0.15) is 5.78 Å². The molecule has 0 aromatic carbocycles. The van der Waals surface area contributed by atoms with Crippen molar-refractivity contribution in [2.75, 3.05) is 0 Å². The lowest BCUT2D eigenvalue weighted by Gasteiger charge is -2.22. The Labute approximate surface area is 67.8 Å². The highest BCUT2D eigenvalue weighted by Crippen LogP contribution is 2.27. The Hall–Kier alpha value is -0.850. The maximum absolute atomic E-state index is 11.1. The van der Waals surface area contributed by atoms with E-state index in [0.29, 0.717) is 5.92 Å². The van der Waals surface area contributed by atoms with E-state index < -0.39 is 0 Å². The quantitative estimate of drug-likeness (QED) is 0.560. The fraction of sp³-hybridized carbons (Fsp3) is 0.500. The van der Waals surface area contributed by atoms with Gasteiger partial charge in [0.2, 0.25) is 0 Å². The Balaban J connectivity index is 2.75. The molecule has 60 valence electrons. The summed E-state index contributed by atoms with van der Waals surface area (Å²) in [6, 6.07) is 0. The molecule has 1 heteroatoms. The molecule has 0 aromatic heterocycles. The van der Waals surface area contributed by atoms with Gasteiger partial charge in [-0.3, -0.25) is 4.79 Å². The van der Waals surface area contributed by atoms with Crippen molar-refractivity contribution < 1.29 is 4.79 Å². The molecule has 0 spiro atoms. The summed E-state index contributed by atoms with van der Waals surface area (Å²) >= 11 is 0. The van der Waals surface area contributed by atoms with Gasteiger partial charge in [-0.2, -0.15) is 0 Å². The van der Waals surface area contributed by atoms with Gasteiger partial charge in [0.05, 0.1) is 0 Å². The van der Waals surface area contributed by atoms with Crippen molar-refractivity contribution in [1.82, 2.24) is 0 Å². The molecular formula is C10H14O. The van der Waals surface area contributed by atoms with Crippen LogP contribution in [0.15, 0.2) is 24.3 Å². The number of hydrogen-bond donors (Lipinski definition) is 0. The molecule has 0 fully saturated rings. The van der Waals surface area contributed by atoms with E-state index in [-0.39, 0.29) is 11.7 Å². The minimum absolute atomic E-state index is 0.174. The average molecular weight is 150 g/mol. The molecule has 1 aliphatic rings. The Bertz CT molecular complexity index is 213. The zero-order valence-electron chi connectivity index (χ0n) is 7.13. The lowest BCUT2D eigenvalue weighted by Crippen LogP contribution is -2.21. The summed E-state index contributed by atoms with van der Waals surface area (Å²) in [5, 5.41) is 0. The second-order valence-electron chi connectivity index (χ2n) is 3.30. The first-order valence-electron chi connectivity index (χ1n) is 3.97. The van der Waals surface area contributed by atoms with Crippen LogP contribution >= 0.6 is 0 Å². The van der Waals surface area contributed by atoms with E-state index in [4.69, 9.17) is 0 Å². The third kappa shape index (κ3) is 1.79. The van der Waals surface area contributed by atoms with Gasteiger partial charge >= 0.3 is 0 Å². The highest BCUT2D eigenvalue weighted by Gasteiger charge is 2.22. The molecule has 0 saturated heterocycles. The van der Waals surface area contributed by atoms with Crippen molar-refractivity contribution in [2.45, 2.75) is 20.3 Å². The van der Waals surface area contributed by atoms with Crippen LogP contribution in [0.4, 0.5) is 0 Å². The summed E-state index contributed by atoms with van der Waals surface area (Å²) < 4.78 is 0.